The molecule has 0 bridgehead atoms. The Bertz CT molecular complexity index is 1160. The SMILES string of the molecule is C=CC(CC(=O)O)c1ccc(OCc2ccc(C(C)(C)C)c(-c3cc(OC)ccc3F)c2)cc1. The number of carboxylic acids is 1. The van der Waals surface area contributed by atoms with Crippen molar-refractivity contribution in [1.82, 2.24) is 0 Å². The Hall–Kier alpha value is -3.60. The zero-order valence-corrected chi connectivity index (χ0v) is 20.1. The number of halogens is 1. The van der Waals surface area contributed by atoms with Gasteiger partial charge in [-0.15, -0.1) is 6.58 Å². The molecular formula is C29H31FO4. The van der Waals surface area contributed by atoms with Crippen LogP contribution >= 0.6 is 0 Å². The lowest BCUT2D eigenvalue weighted by atomic mass is 9.81. The van der Waals surface area contributed by atoms with Gasteiger partial charge in [-0.3, -0.25) is 4.79 Å². The Balaban J connectivity index is 1.86. The van der Waals surface area contributed by atoms with Crippen LogP contribution < -0.4 is 9.47 Å². The lowest BCUT2D eigenvalue weighted by molar-refractivity contribution is -0.137. The second-order valence-electron chi connectivity index (χ2n) is 9.27. The van der Waals surface area contributed by atoms with Gasteiger partial charge < -0.3 is 14.6 Å². The first kappa shape index (κ1) is 25.0. The molecule has 1 N–H and O–H groups in total. The van der Waals surface area contributed by atoms with E-state index in [1.165, 1.54) is 6.07 Å². The normalized spacial score (nSPS) is 12.1. The first-order chi connectivity index (χ1) is 16.1. The molecule has 34 heavy (non-hydrogen) atoms. The van der Waals surface area contributed by atoms with Crippen LogP contribution in [-0.2, 0) is 16.8 Å². The summed E-state index contributed by atoms with van der Waals surface area (Å²) in [6, 6.07) is 18.1. The number of hydrogen-bond acceptors (Lipinski definition) is 3. The van der Waals surface area contributed by atoms with E-state index in [2.05, 4.69) is 27.4 Å². The molecule has 178 valence electrons. The van der Waals surface area contributed by atoms with Crippen LogP contribution in [0.5, 0.6) is 11.5 Å². The zero-order valence-electron chi connectivity index (χ0n) is 20.1. The minimum atomic E-state index is -0.868. The zero-order chi connectivity index (χ0) is 24.9. The molecular weight excluding hydrogens is 431 g/mol. The summed E-state index contributed by atoms with van der Waals surface area (Å²) >= 11 is 0. The van der Waals surface area contributed by atoms with Gasteiger partial charge in [0.15, 0.2) is 0 Å². The van der Waals surface area contributed by atoms with E-state index in [0.29, 0.717) is 23.7 Å². The predicted molar refractivity (Wildman–Crippen MR) is 133 cm³/mol. The minimum Gasteiger partial charge on any atom is -0.497 e. The van der Waals surface area contributed by atoms with Crippen molar-refractivity contribution < 1.29 is 23.8 Å². The monoisotopic (exact) mass is 462 g/mol. The molecule has 0 fully saturated rings. The molecule has 3 aromatic rings. The number of carbonyl (C=O) groups is 1. The summed E-state index contributed by atoms with van der Waals surface area (Å²) < 4.78 is 26.1. The highest BCUT2D eigenvalue weighted by atomic mass is 19.1. The summed E-state index contributed by atoms with van der Waals surface area (Å²) in [7, 11) is 1.57. The van der Waals surface area contributed by atoms with Crippen molar-refractivity contribution in [3.05, 3.63) is 95.8 Å². The number of ether oxygens (including phenoxy) is 2. The number of benzene rings is 3. The van der Waals surface area contributed by atoms with Crippen molar-refractivity contribution in [3.63, 3.8) is 0 Å². The van der Waals surface area contributed by atoms with E-state index in [0.717, 1.165) is 22.3 Å². The van der Waals surface area contributed by atoms with Crippen LogP contribution in [0.25, 0.3) is 11.1 Å². The van der Waals surface area contributed by atoms with Crippen molar-refractivity contribution in [2.45, 2.75) is 45.1 Å². The van der Waals surface area contributed by atoms with E-state index in [-0.39, 0.29) is 23.6 Å². The number of rotatable bonds is 9. The van der Waals surface area contributed by atoms with Crippen LogP contribution in [-0.4, -0.2) is 18.2 Å². The summed E-state index contributed by atoms with van der Waals surface area (Å²) in [4.78, 5) is 11.0. The van der Waals surface area contributed by atoms with Gasteiger partial charge in [0.2, 0.25) is 0 Å². The fourth-order valence-corrected chi connectivity index (χ4v) is 3.90. The number of carboxylic acid groups (broad SMARTS) is 1. The second kappa shape index (κ2) is 10.6. The van der Waals surface area contributed by atoms with Crippen LogP contribution in [0, 0.1) is 5.82 Å². The molecule has 0 aliphatic heterocycles. The van der Waals surface area contributed by atoms with Gasteiger partial charge in [0.05, 0.1) is 13.5 Å². The average Bonchev–Trinajstić information content (AvgIpc) is 2.81. The molecule has 3 aromatic carbocycles. The first-order valence-electron chi connectivity index (χ1n) is 11.2. The number of allylic oxidation sites excluding steroid dienone is 1. The predicted octanol–water partition coefficient (Wildman–Crippen LogP) is 7.12. The molecule has 0 aromatic heterocycles. The maximum absolute atomic E-state index is 14.8. The fraction of sp³-hybridized carbons (Fsp3) is 0.276. The van der Waals surface area contributed by atoms with Gasteiger partial charge in [0, 0.05) is 11.5 Å². The Morgan fingerprint density at radius 1 is 1.03 bits per heavy atom. The average molecular weight is 463 g/mol. The van der Waals surface area contributed by atoms with Gasteiger partial charge in [-0.1, -0.05) is 51.1 Å². The third kappa shape index (κ3) is 6.04. The Kier molecular flexibility index (Phi) is 7.77. The van der Waals surface area contributed by atoms with Crippen LogP contribution in [0.15, 0.2) is 73.3 Å². The molecule has 0 heterocycles. The van der Waals surface area contributed by atoms with Crippen LogP contribution in [0.3, 0.4) is 0 Å². The molecule has 0 amide bonds. The third-order valence-corrected chi connectivity index (χ3v) is 5.75. The molecule has 1 atom stereocenters. The first-order valence-corrected chi connectivity index (χ1v) is 11.2. The van der Waals surface area contributed by atoms with Gasteiger partial charge in [-0.2, -0.15) is 0 Å². The molecule has 1 unspecified atom stereocenters. The maximum Gasteiger partial charge on any atom is 0.304 e. The topological polar surface area (TPSA) is 55.8 Å². The molecule has 4 nitrogen and oxygen atoms in total. The molecule has 0 saturated carbocycles. The highest BCUT2D eigenvalue weighted by molar-refractivity contribution is 5.71. The number of methoxy groups -OCH3 is 1. The standard InChI is InChI=1S/C29H31FO4/c1-6-20(16-28(31)32)21-8-10-22(11-9-21)34-18-19-7-13-26(29(2,3)4)24(15-19)25-17-23(33-5)12-14-27(25)30/h6-15,17,20H,1,16,18H2,2-5H3,(H,31,32). The maximum atomic E-state index is 14.8. The molecule has 0 radical (unpaired) electrons. The second-order valence-corrected chi connectivity index (χ2v) is 9.27. The van der Waals surface area contributed by atoms with E-state index >= 15 is 0 Å². The molecule has 0 aliphatic rings. The summed E-state index contributed by atoms with van der Waals surface area (Å²) in [6.45, 7) is 10.3. The Labute approximate surface area is 200 Å². The highest BCUT2D eigenvalue weighted by Crippen LogP contribution is 2.37. The van der Waals surface area contributed by atoms with E-state index in [1.807, 2.05) is 42.5 Å². The van der Waals surface area contributed by atoms with Crippen molar-refractivity contribution in [1.29, 1.82) is 0 Å². The van der Waals surface area contributed by atoms with Gasteiger partial charge in [0.25, 0.3) is 0 Å². The summed E-state index contributed by atoms with van der Waals surface area (Å²) in [5.41, 5.74) is 3.92. The van der Waals surface area contributed by atoms with Crippen molar-refractivity contribution in [3.8, 4) is 22.6 Å². The largest absolute Gasteiger partial charge is 0.497 e. The van der Waals surface area contributed by atoms with E-state index in [1.54, 1.807) is 25.3 Å². The quantitative estimate of drug-likeness (QED) is 0.344. The summed E-state index contributed by atoms with van der Waals surface area (Å²) in [5.74, 6) is -0.170. The van der Waals surface area contributed by atoms with E-state index in [9.17, 15) is 9.18 Å². The van der Waals surface area contributed by atoms with Crippen LogP contribution in [0.1, 0.15) is 49.8 Å². The lowest BCUT2D eigenvalue weighted by Crippen LogP contribution is -2.13. The molecule has 0 spiro atoms. The molecule has 0 aliphatic carbocycles. The summed E-state index contributed by atoms with van der Waals surface area (Å²) in [5, 5.41) is 9.06. The minimum absolute atomic E-state index is 0.00651. The highest BCUT2D eigenvalue weighted by Gasteiger charge is 2.21. The van der Waals surface area contributed by atoms with Gasteiger partial charge in [-0.25, -0.2) is 4.39 Å². The van der Waals surface area contributed by atoms with Gasteiger partial charge in [-0.05, 0) is 64.1 Å². The fourth-order valence-electron chi connectivity index (χ4n) is 3.90. The lowest BCUT2D eigenvalue weighted by Gasteiger charge is -2.24. The Morgan fingerprint density at radius 2 is 1.71 bits per heavy atom. The Morgan fingerprint density at radius 3 is 2.29 bits per heavy atom. The van der Waals surface area contributed by atoms with Gasteiger partial charge >= 0.3 is 5.97 Å². The molecule has 5 heteroatoms. The van der Waals surface area contributed by atoms with Gasteiger partial charge in [0.1, 0.15) is 23.9 Å². The van der Waals surface area contributed by atoms with E-state index < -0.39 is 5.97 Å². The smallest absolute Gasteiger partial charge is 0.304 e. The van der Waals surface area contributed by atoms with Crippen LogP contribution in [0.4, 0.5) is 4.39 Å². The molecule has 3 rings (SSSR count). The third-order valence-electron chi connectivity index (χ3n) is 5.75. The molecule has 0 saturated heterocycles. The summed E-state index contributed by atoms with van der Waals surface area (Å²) in [6.07, 6.45) is 1.63. The number of aliphatic carboxylic acids is 1. The van der Waals surface area contributed by atoms with E-state index in [4.69, 9.17) is 14.6 Å². The van der Waals surface area contributed by atoms with Crippen molar-refractivity contribution in [2.24, 2.45) is 0 Å². The van der Waals surface area contributed by atoms with Crippen molar-refractivity contribution >= 4 is 5.97 Å². The van der Waals surface area contributed by atoms with Crippen LogP contribution in [0.2, 0.25) is 0 Å². The van der Waals surface area contributed by atoms with Crippen molar-refractivity contribution in [2.75, 3.05) is 7.11 Å². The number of hydrogen-bond donors (Lipinski definition) is 1.